The number of rotatable bonds is 14. The first-order valence-corrected chi connectivity index (χ1v) is 44.9. The Labute approximate surface area is 855 Å². The van der Waals surface area contributed by atoms with Gasteiger partial charge in [-0.15, -0.1) is 317 Å². The molecule has 0 unspecified atom stereocenters. The summed E-state index contributed by atoms with van der Waals surface area (Å²) < 4.78 is 0. The van der Waals surface area contributed by atoms with E-state index in [4.69, 9.17) is 0 Å². The Kier molecular flexibility index (Phi) is 44.3. The van der Waals surface area contributed by atoms with Crippen molar-refractivity contribution in [2.45, 2.75) is 61.3 Å². The number of pyridine rings is 9. The van der Waals surface area contributed by atoms with Gasteiger partial charge in [-0.1, -0.05) is 213 Å². The monoisotopic (exact) mass is 2320 g/mol. The van der Waals surface area contributed by atoms with Gasteiger partial charge in [0.15, 0.2) is 0 Å². The molecule has 0 N–H and O–H groups in total. The minimum Gasteiger partial charge on any atom is -0.305 e. The molecular weight excluding hydrogens is 2220 g/mol. The normalized spacial score (nSPS) is 9.88. The van der Waals surface area contributed by atoms with Gasteiger partial charge in [-0.05, 0) is 163 Å². The van der Waals surface area contributed by atoms with E-state index in [1.54, 1.807) is 12.4 Å². The van der Waals surface area contributed by atoms with Gasteiger partial charge in [-0.25, -0.2) is 0 Å². The maximum atomic E-state index is 4.60. The molecule has 0 aliphatic carbocycles. The average Bonchev–Trinajstić information content (AvgIpc) is 0.801. The van der Waals surface area contributed by atoms with Crippen molar-refractivity contribution in [3.8, 4) is 135 Å². The van der Waals surface area contributed by atoms with E-state index in [0.29, 0.717) is 0 Å². The van der Waals surface area contributed by atoms with Crippen LogP contribution in [0.2, 0.25) is 0 Å². The minimum absolute atomic E-state index is 0. The summed E-state index contributed by atoms with van der Waals surface area (Å²) >= 11 is 0. The largest absolute Gasteiger partial charge is 3.00 e. The summed E-state index contributed by atoms with van der Waals surface area (Å²) in [7, 11) is 0. The SMILES string of the molecule is CCc1cc(-c2[c-]cccc2)ncc1-c1ccccc1.CCc1cc(-c2[c-]cccc2)ncc1-c1ccccc1.Cc1cccc(-c2[c-]cccc2)n1.Cc1cccc(-c2[c-]cccc2)n1.Cc1cccc(-c2[c-]cccc2)n1.Cc1cccc(-c2[c-]cccc2)n1.Cc1ccnc(-c2[c-]cc(-c3ccccc3)cc2)c1.[Ir+3].[Ir+3].[Ir+3].[c-]1ccccc1-c1ccccn1.[c-]1ccccc1-c1ccccn1. The first kappa shape index (κ1) is 105. The van der Waals surface area contributed by atoms with E-state index < -0.39 is 0 Å². The van der Waals surface area contributed by atoms with Crippen molar-refractivity contribution >= 4 is 0 Å². The Hall–Kier alpha value is -15.1. The molecule has 9 heterocycles. The Morgan fingerprint density at radius 3 is 0.717 bits per heavy atom. The van der Waals surface area contributed by atoms with Crippen LogP contribution in [0.3, 0.4) is 0 Å². The first-order valence-electron chi connectivity index (χ1n) is 44.9. The summed E-state index contributed by atoms with van der Waals surface area (Å²) in [5, 5.41) is 0. The van der Waals surface area contributed by atoms with Crippen LogP contribution >= 0.6 is 0 Å². The maximum Gasteiger partial charge on any atom is 3.00 e. The van der Waals surface area contributed by atoms with Crippen molar-refractivity contribution in [2.75, 3.05) is 0 Å². The van der Waals surface area contributed by atoms with Gasteiger partial charge in [-0.2, -0.15) is 0 Å². The van der Waals surface area contributed by atoms with Crippen molar-refractivity contribution in [2.24, 2.45) is 0 Å². The van der Waals surface area contributed by atoms with E-state index in [1.807, 2.05) is 392 Å². The molecule has 9 aromatic heterocycles. The van der Waals surface area contributed by atoms with Crippen molar-refractivity contribution in [3.63, 3.8) is 0 Å². The first-order chi connectivity index (χ1) is 66.5. The van der Waals surface area contributed by atoms with E-state index in [2.05, 4.69) is 211 Å². The van der Waals surface area contributed by atoms with Crippen molar-refractivity contribution < 1.29 is 60.3 Å². The zero-order valence-corrected chi connectivity index (χ0v) is 85.1. The molecule has 0 amide bonds. The molecule has 138 heavy (non-hydrogen) atoms. The Morgan fingerprint density at radius 2 is 0.457 bits per heavy atom. The Balaban J connectivity index is 0.000000161. The molecule has 21 aromatic rings. The molecule has 21 rings (SSSR count). The third-order valence-corrected chi connectivity index (χ3v) is 20.8. The Morgan fingerprint density at radius 1 is 0.196 bits per heavy atom. The second-order valence-corrected chi connectivity index (χ2v) is 30.8. The summed E-state index contributed by atoms with van der Waals surface area (Å²) in [5.41, 5.74) is 33.5. The fraction of sp³-hybridized carbons (Fsp3) is 0.0714. The molecular formula is C126H102Ir3N9. The molecule has 0 spiro atoms. The Bertz CT molecular complexity index is 6380. The van der Waals surface area contributed by atoms with E-state index in [1.165, 1.54) is 50.1 Å². The number of aromatic nitrogens is 9. The number of nitrogens with zero attached hydrogens (tertiary/aromatic N) is 9. The van der Waals surface area contributed by atoms with Gasteiger partial charge in [0.25, 0.3) is 0 Å². The van der Waals surface area contributed by atoms with Gasteiger partial charge in [0.2, 0.25) is 0 Å². The minimum atomic E-state index is 0. The summed E-state index contributed by atoms with van der Waals surface area (Å²) in [6.45, 7) is 14.4. The number of hydrogen-bond donors (Lipinski definition) is 0. The molecule has 0 fully saturated rings. The van der Waals surface area contributed by atoms with Crippen molar-refractivity contribution in [1.29, 1.82) is 0 Å². The van der Waals surface area contributed by atoms with Crippen LogP contribution < -0.4 is 0 Å². The fourth-order valence-electron chi connectivity index (χ4n) is 13.9. The van der Waals surface area contributed by atoms with Crippen LogP contribution in [-0.4, -0.2) is 44.9 Å². The molecule has 0 atom stereocenters. The molecule has 0 bridgehead atoms. The van der Waals surface area contributed by atoms with Gasteiger partial charge >= 0.3 is 60.3 Å². The number of benzene rings is 12. The topological polar surface area (TPSA) is 116 Å². The summed E-state index contributed by atoms with van der Waals surface area (Å²) in [6.07, 6.45) is 11.4. The van der Waals surface area contributed by atoms with Crippen LogP contribution in [-0.2, 0) is 73.2 Å². The molecule has 0 aliphatic rings. The summed E-state index contributed by atoms with van der Waals surface area (Å²) in [5.74, 6) is 0. The van der Waals surface area contributed by atoms with Crippen LogP contribution in [0.15, 0.2) is 468 Å². The molecule has 0 radical (unpaired) electrons. The molecule has 0 aliphatic heterocycles. The van der Waals surface area contributed by atoms with E-state index >= 15 is 0 Å². The molecule has 12 aromatic carbocycles. The van der Waals surface area contributed by atoms with Gasteiger partial charge in [0.05, 0.1) is 0 Å². The van der Waals surface area contributed by atoms with Crippen molar-refractivity contribution in [1.82, 2.24) is 44.9 Å². The second-order valence-electron chi connectivity index (χ2n) is 30.8. The van der Waals surface area contributed by atoms with Crippen LogP contribution in [0.5, 0.6) is 0 Å². The quantitative estimate of drug-likeness (QED) is 0.0981. The van der Waals surface area contributed by atoms with Crippen LogP contribution in [0.1, 0.15) is 53.3 Å². The predicted molar refractivity (Wildman–Crippen MR) is 555 cm³/mol. The molecule has 678 valence electrons. The standard InChI is InChI=1S/2C19H16N.C18H14N.4C12H10N.2C11H8N.3Ir/c2*1-2-15-13-19(17-11-7-4-8-12-17)20-14-18(15)16-9-5-3-6-10-16;1-14-11-12-19-18(13-14)17-9-7-16(8-10-17)15-5-3-2-4-6-15;4*1-10-6-5-9-12(13-10)11-7-3-2-4-8-11;2*1-2-6-10(7-3-1)11-8-4-5-9-12-11;;;/h2*3-11,13-14H,2H2,1H3;2-9,11-13H,1H3;4*2-7,9H,1H3;2*1-6,8-9H;;;/q9*-1;3*+3. The van der Waals surface area contributed by atoms with E-state index in [-0.39, 0.29) is 60.3 Å². The zero-order valence-electron chi connectivity index (χ0n) is 77.9. The van der Waals surface area contributed by atoms with Gasteiger partial charge in [-0.3, -0.25) is 0 Å². The molecule has 9 nitrogen and oxygen atoms in total. The van der Waals surface area contributed by atoms with E-state index in [9.17, 15) is 0 Å². The fourth-order valence-corrected chi connectivity index (χ4v) is 13.9. The van der Waals surface area contributed by atoms with Crippen LogP contribution in [0.25, 0.3) is 135 Å². The van der Waals surface area contributed by atoms with Gasteiger partial charge in [0, 0.05) is 64.9 Å². The predicted octanol–water partition coefficient (Wildman–Crippen LogP) is 30.6. The third kappa shape index (κ3) is 33.8. The van der Waals surface area contributed by atoms with E-state index in [0.717, 1.165) is 137 Å². The number of hydrogen-bond acceptors (Lipinski definition) is 9. The molecule has 0 saturated heterocycles. The second kappa shape index (κ2) is 58.3. The molecule has 12 heteroatoms. The maximum absolute atomic E-state index is 4.60. The summed E-state index contributed by atoms with van der Waals surface area (Å²) in [6, 6.07) is 173. The van der Waals surface area contributed by atoms with Crippen molar-refractivity contribution in [3.05, 3.63) is 562 Å². The zero-order chi connectivity index (χ0) is 93.5. The smallest absolute Gasteiger partial charge is 0.305 e. The molecule has 0 saturated carbocycles. The number of aryl methyl sites for hydroxylation is 7. The third-order valence-electron chi connectivity index (χ3n) is 20.8. The van der Waals surface area contributed by atoms with Crippen LogP contribution in [0, 0.1) is 89.2 Å². The summed E-state index contributed by atoms with van der Waals surface area (Å²) in [4.78, 5) is 39.7. The van der Waals surface area contributed by atoms with Gasteiger partial charge < -0.3 is 44.9 Å². The van der Waals surface area contributed by atoms with Crippen LogP contribution in [0.4, 0.5) is 0 Å². The van der Waals surface area contributed by atoms with Gasteiger partial charge in [0.1, 0.15) is 0 Å². The average molecular weight is 2320 g/mol.